The second kappa shape index (κ2) is 27.5. The molecule has 2 aromatic carbocycles. The van der Waals surface area contributed by atoms with E-state index in [4.69, 9.17) is 17.2 Å². The predicted molar refractivity (Wildman–Crippen MR) is 246 cm³/mol. The molecule has 1 heterocycles. The average molecular weight is 953 g/mol. The summed E-state index contributed by atoms with van der Waals surface area (Å²) in [6.07, 6.45) is 0.509. The van der Waals surface area contributed by atoms with Crippen LogP contribution in [0.1, 0.15) is 76.3 Å². The van der Waals surface area contributed by atoms with Crippen molar-refractivity contribution in [3.8, 4) is 5.75 Å². The third kappa shape index (κ3) is 17.6. The summed E-state index contributed by atoms with van der Waals surface area (Å²) >= 11 is 0. The Morgan fingerprint density at radius 1 is 0.662 bits per heavy atom. The summed E-state index contributed by atoms with van der Waals surface area (Å²) in [5.41, 5.74) is 19.3. The van der Waals surface area contributed by atoms with Gasteiger partial charge in [-0.05, 0) is 80.3 Å². The molecule has 68 heavy (non-hydrogen) atoms. The minimum atomic E-state index is -1.67. The molecule has 0 spiro atoms. The highest BCUT2D eigenvalue weighted by Crippen LogP contribution is 2.19. The van der Waals surface area contributed by atoms with Crippen molar-refractivity contribution in [3.05, 3.63) is 65.9 Å². The summed E-state index contributed by atoms with van der Waals surface area (Å²) in [4.78, 5) is 121. The Labute approximate surface area is 392 Å². The Kier molecular flexibility index (Phi) is 22.3. The molecule has 3 rings (SSSR count). The van der Waals surface area contributed by atoms with Gasteiger partial charge in [-0.2, -0.15) is 0 Å². The highest BCUT2D eigenvalue weighted by molar-refractivity contribution is 5.97. The zero-order valence-corrected chi connectivity index (χ0v) is 38.0. The number of nitrogens with two attached hydrogens (primary N) is 3. The van der Waals surface area contributed by atoms with Crippen LogP contribution in [-0.4, -0.2) is 134 Å². The van der Waals surface area contributed by atoms with Crippen LogP contribution in [0.3, 0.4) is 0 Å². The van der Waals surface area contributed by atoms with Crippen LogP contribution >= 0.6 is 0 Å². The summed E-state index contributed by atoms with van der Waals surface area (Å²) in [5, 5.41) is 54.6. The molecule has 17 N–H and O–H groups in total. The number of H-pyrrole nitrogens is 1. The number of rotatable bonds is 30. The number of phenolic OH excluding ortho intramolecular Hbond substituents is 1. The summed E-state index contributed by atoms with van der Waals surface area (Å²) in [7, 11) is 0. The van der Waals surface area contributed by atoms with Gasteiger partial charge in [0.05, 0.1) is 12.6 Å². The first-order chi connectivity index (χ1) is 32.3. The molecule has 0 saturated heterocycles. The number of primary amides is 1. The number of unbranched alkanes of at least 4 members (excludes halogenated alkanes) is 1. The Balaban J connectivity index is 1.78. The number of para-hydroxylation sites is 1. The molecule has 0 saturated carbocycles. The largest absolute Gasteiger partial charge is 0.508 e. The monoisotopic (exact) mass is 952 g/mol. The van der Waals surface area contributed by atoms with E-state index in [2.05, 4.69) is 36.9 Å². The fourth-order valence-corrected chi connectivity index (χ4v) is 7.06. The number of aromatic hydroxyl groups is 1. The van der Waals surface area contributed by atoms with E-state index < -0.39 is 134 Å². The topological polar surface area (TPSA) is 401 Å². The van der Waals surface area contributed by atoms with E-state index in [1.165, 1.54) is 24.3 Å². The van der Waals surface area contributed by atoms with E-state index in [1.54, 1.807) is 20.0 Å². The Morgan fingerprint density at radius 2 is 1.21 bits per heavy atom. The number of aliphatic hydroxyl groups is 1. The molecule has 0 fully saturated rings. The van der Waals surface area contributed by atoms with Crippen molar-refractivity contribution >= 4 is 64.2 Å². The Bertz CT molecular complexity index is 2220. The molecular formula is C45H64N10O13. The van der Waals surface area contributed by atoms with Crippen molar-refractivity contribution in [1.29, 1.82) is 0 Å². The molecule has 1 aromatic heterocycles. The van der Waals surface area contributed by atoms with Gasteiger partial charge in [-0.1, -0.05) is 50.6 Å². The van der Waals surface area contributed by atoms with Gasteiger partial charge < -0.3 is 74.5 Å². The fraction of sp³-hybridized carbons (Fsp3) is 0.489. The normalized spacial score (nSPS) is 14.7. The van der Waals surface area contributed by atoms with Gasteiger partial charge in [0.2, 0.25) is 41.4 Å². The highest BCUT2D eigenvalue weighted by atomic mass is 16.4. The molecule has 23 nitrogen and oxygen atoms in total. The maximum absolute atomic E-state index is 13.9. The number of aliphatic carboxylic acids is 2. The molecule has 0 radical (unpaired) electrons. The van der Waals surface area contributed by atoms with Crippen molar-refractivity contribution < 1.29 is 63.6 Å². The molecule has 372 valence electrons. The summed E-state index contributed by atoms with van der Waals surface area (Å²) < 4.78 is 0. The lowest BCUT2D eigenvalue weighted by Gasteiger charge is -2.28. The number of carboxylic acids is 2. The Morgan fingerprint density at radius 3 is 1.75 bits per heavy atom. The van der Waals surface area contributed by atoms with Gasteiger partial charge in [-0.25, -0.2) is 4.79 Å². The van der Waals surface area contributed by atoms with Gasteiger partial charge in [0.15, 0.2) is 0 Å². The molecule has 0 aliphatic rings. The first kappa shape index (κ1) is 55.2. The zero-order chi connectivity index (χ0) is 50.5. The van der Waals surface area contributed by atoms with Crippen LogP contribution in [0, 0.1) is 5.92 Å². The fourth-order valence-electron chi connectivity index (χ4n) is 7.06. The quantitative estimate of drug-likeness (QED) is 0.0331. The molecule has 7 amide bonds. The van der Waals surface area contributed by atoms with Crippen molar-refractivity contribution in [3.63, 3.8) is 0 Å². The lowest BCUT2D eigenvalue weighted by Crippen LogP contribution is -2.61. The van der Waals surface area contributed by atoms with Crippen molar-refractivity contribution in [2.45, 2.75) is 120 Å². The van der Waals surface area contributed by atoms with Gasteiger partial charge in [-0.3, -0.25) is 38.4 Å². The number of hydrogen-bond donors (Lipinski definition) is 14. The number of fused-ring (bicyclic) bond motifs is 1. The SMILES string of the molecule is CC[C@H](C)[C@H](NC(=O)[C@@H](N)Cc1c[nH]c2ccccc12)C(=O)N[C@@H](CO)C(=O)N[C@@H](CCCCN)C(=O)N[C@@H](CCC(N)=O)C(=O)N[C@@H](CCC(=O)O)C(=O)N[C@@H](Cc1ccc(O)cc1)C(=O)O. The molecular weight excluding hydrogens is 889 g/mol. The van der Waals surface area contributed by atoms with E-state index in [9.17, 15) is 63.6 Å². The first-order valence-electron chi connectivity index (χ1n) is 22.2. The average Bonchev–Trinajstić information content (AvgIpc) is 3.71. The van der Waals surface area contributed by atoms with Crippen LogP contribution < -0.4 is 49.1 Å². The third-order valence-electron chi connectivity index (χ3n) is 11.2. The molecule has 8 atom stereocenters. The van der Waals surface area contributed by atoms with Gasteiger partial charge in [0, 0.05) is 36.4 Å². The number of aliphatic hydroxyl groups excluding tert-OH is 1. The van der Waals surface area contributed by atoms with Crippen LogP contribution in [0.15, 0.2) is 54.7 Å². The van der Waals surface area contributed by atoms with E-state index in [1.807, 2.05) is 24.3 Å². The van der Waals surface area contributed by atoms with Crippen molar-refractivity contribution in [2.24, 2.45) is 23.1 Å². The van der Waals surface area contributed by atoms with Crippen LogP contribution in [0.4, 0.5) is 0 Å². The van der Waals surface area contributed by atoms with Gasteiger partial charge in [0.1, 0.15) is 42.0 Å². The molecule has 0 bridgehead atoms. The third-order valence-corrected chi connectivity index (χ3v) is 11.2. The minimum Gasteiger partial charge on any atom is -0.508 e. The summed E-state index contributed by atoms with van der Waals surface area (Å²) in [6, 6.07) is 2.70. The van der Waals surface area contributed by atoms with Crippen LogP contribution in [-0.2, 0) is 56.0 Å². The van der Waals surface area contributed by atoms with Crippen LogP contribution in [0.2, 0.25) is 0 Å². The second-order valence-electron chi connectivity index (χ2n) is 16.5. The Hall–Kier alpha value is -7.11. The second-order valence-corrected chi connectivity index (χ2v) is 16.5. The zero-order valence-electron chi connectivity index (χ0n) is 38.0. The number of aromatic nitrogens is 1. The maximum atomic E-state index is 13.9. The van der Waals surface area contributed by atoms with E-state index in [0.29, 0.717) is 18.4 Å². The summed E-state index contributed by atoms with van der Waals surface area (Å²) in [6.45, 7) is 2.73. The van der Waals surface area contributed by atoms with Crippen molar-refractivity contribution in [2.75, 3.05) is 13.2 Å². The van der Waals surface area contributed by atoms with E-state index in [-0.39, 0.29) is 38.0 Å². The number of amides is 7. The standard InChI is InChI=1S/C45H64N10O13/c1-3-24(2)38(55-39(61)29(47)21-26-22-49-30-9-5-4-8-28(26)30)44(66)54-35(23-56)43(65)50-31(10-6-7-19-46)40(62)51-32(15-17-36(48)58)41(63)52-33(16-18-37(59)60)42(64)53-34(45(67)68)20-25-11-13-27(57)14-12-25/h4-5,8-9,11-14,22,24,29,31-35,38,49,56-57H,3,6-7,10,15-21,23,46-47H2,1-2H3,(H2,48,58)(H,50,65)(H,51,62)(H,52,63)(H,53,64)(H,54,66)(H,55,61)(H,59,60)(H,67,68)/t24-,29-,31-,32-,33-,34-,35-,38-/m0/s1. The van der Waals surface area contributed by atoms with Gasteiger partial charge in [0.25, 0.3) is 0 Å². The number of aromatic amines is 1. The van der Waals surface area contributed by atoms with Crippen molar-refractivity contribution in [1.82, 2.24) is 36.9 Å². The van der Waals surface area contributed by atoms with E-state index in [0.717, 1.165) is 16.5 Å². The smallest absolute Gasteiger partial charge is 0.326 e. The maximum Gasteiger partial charge on any atom is 0.326 e. The van der Waals surface area contributed by atoms with E-state index >= 15 is 0 Å². The number of phenols is 1. The molecule has 0 aliphatic carbocycles. The number of carboxylic acid groups (broad SMARTS) is 2. The van der Waals surface area contributed by atoms with Crippen LogP contribution in [0.5, 0.6) is 5.75 Å². The number of hydrogen-bond acceptors (Lipinski definition) is 13. The number of benzene rings is 2. The van der Waals surface area contributed by atoms with Gasteiger partial charge >= 0.3 is 11.9 Å². The molecule has 23 heteroatoms. The number of carbonyl (C=O) groups excluding carboxylic acids is 7. The minimum absolute atomic E-state index is 0.0772. The number of nitrogens with one attached hydrogen (secondary N) is 7. The van der Waals surface area contributed by atoms with Gasteiger partial charge in [-0.15, -0.1) is 0 Å². The van der Waals surface area contributed by atoms with Crippen LogP contribution in [0.25, 0.3) is 10.9 Å². The first-order valence-corrected chi connectivity index (χ1v) is 22.2. The summed E-state index contributed by atoms with van der Waals surface area (Å²) in [5.74, 6) is -9.92. The lowest BCUT2D eigenvalue weighted by molar-refractivity contribution is -0.143. The molecule has 0 aliphatic heterocycles. The molecule has 0 unspecified atom stereocenters. The predicted octanol–water partition coefficient (Wildman–Crippen LogP) is -1.72. The number of carbonyl (C=O) groups is 9. The molecule has 3 aromatic rings. The lowest BCUT2D eigenvalue weighted by atomic mass is 9.97. The highest BCUT2D eigenvalue weighted by Gasteiger charge is 2.35.